The van der Waals surface area contributed by atoms with Crippen LogP contribution in [0, 0.1) is 6.92 Å². The van der Waals surface area contributed by atoms with Gasteiger partial charge in [0.15, 0.2) is 5.16 Å². The molecule has 0 atom stereocenters. The second-order valence-corrected chi connectivity index (χ2v) is 7.74. The topological polar surface area (TPSA) is 74.8 Å². The molecule has 0 fully saturated rings. The van der Waals surface area contributed by atoms with E-state index in [0.29, 0.717) is 15.4 Å². The number of thioether (sulfide) groups is 2. The van der Waals surface area contributed by atoms with E-state index in [9.17, 15) is 9.59 Å². The van der Waals surface area contributed by atoms with Gasteiger partial charge in [-0.25, -0.2) is 4.98 Å². The molecule has 2 N–H and O–H groups in total. The van der Waals surface area contributed by atoms with Gasteiger partial charge in [0, 0.05) is 10.6 Å². The minimum atomic E-state index is -0.158. The fourth-order valence-corrected chi connectivity index (χ4v) is 4.27. The number of amides is 1. The van der Waals surface area contributed by atoms with Crippen LogP contribution in [0.3, 0.4) is 0 Å². The molecule has 0 spiro atoms. The minimum absolute atomic E-state index is 0.136. The summed E-state index contributed by atoms with van der Waals surface area (Å²) in [6, 6.07) is 7.67. The maximum absolute atomic E-state index is 12.1. The lowest BCUT2D eigenvalue weighted by molar-refractivity contribution is -0.113. The van der Waals surface area contributed by atoms with E-state index >= 15 is 0 Å². The molecule has 0 aliphatic rings. The molecule has 0 unspecified atom stereocenters. The number of carbonyl (C=O) groups excluding carboxylic acids is 1. The van der Waals surface area contributed by atoms with E-state index in [1.54, 1.807) is 11.8 Å². The summed E-state index contributed by atoms with van der Waals surface area (Å²) >= 11 is 4.27. The van der Waals surface area contributed by atoms with Crippen molar-refractivity contribution in [2.45, 2.75) is 17.0 Å². The molecule has 1 aromatic carbocycles. The summed E-state index contributed by atoms with van der Waals surface area (Å²) in [7, 11) is 0. The van der Waals surface area contributed by atoms with Gasteiger partial charge in [0.25, 0.3) is 5.56 Å². The molecule has 0 saturated heterocycles. The summed E-state index contributed by atoms with van der Waals surface area (Å²) in [6.45, 7) is 1.89. The highest BCUT2D eigenvalue weighted by molar-refractivity contribution is 7.99. The van der Waals surface area contributed by atoms with Crippen molar-refractivity contribution in [1.82, 2.24) is 9.97 Å². The molecule has 1 amide bonds. The van der Waals surface area contributed by atoms with Gasteiger partial charge in [-0.15, -0.1) is 23.1 Å². The SMILES string of the molecule is CSc1cccc(NC(=O)CSc2nc3scc(C)c3c(=O)[nH]2)c1. The molecule has 124 valence electrons. The Kier molecular flexibility index (Phi) is 5.27. The van der Waals surface area contributed by atoms with Gasteiger partial charge in [-0.3, -0.25) is 9.59 Å². The lowest BCUT2D eigenvalue weighted by Gasteiger charge is -2.06. The van der Waals surface area contributed by atoms with Crippen molar-refractivity contribution in [2.75, 3.05) is 17.3 Å². The van der Waals surface area contributed by atoms with E-state index < -0.39 is 0 Å². The number of hydrogen-bond donors (Lipinski definition) is 2. The molecule has 24 heavy (non-hydrogen) atoms. The molecule has 2 heterocycles. The van der Waals surface area contributed by atoms with Gasteiger partial charge in [-0.2, -0.15) is 0 Å². The monoisotopic (exact) mass is 377 g/mol. The third kappa shape index (κ3) is 3.82. The number of aromatic nitrogens is 2. The number of aryl methyl sites for hydroxylation is 1. The van der Waals surface area contributed by atoms with Gasteiger partial charge in [-0.1, -0.05) is 17.8 Å². The predicted molar refractivity (Wildman–Crippen MR) is 103 cm³/mol. The van der Waals surface area contributed by atoms with E-state index in [4.69, 9.17) is 0 Å². The second-order valence-electron chi connectivity index (χ2n) is 5.04. The quantitative estimate of drug-likeness (QED) is 0.523. The first-order chi connectivity index (χ1) is 11.6. The molecule has 3 rings (SSSR count). The number of anilines is 1. The highest BCUT2D eigenvalue weighted by Gasteiger charge is 2.10. The summed E-state index contributed by atoms with van der Waals surface area (Å²) in [5.74, 6) is 0.0471. The van der Waals surface area contributed by atoms with Crippen LogP contribution in [0.25, 0.3) is 10.2 Å². The molecule has 0 saturated carbocycles. The zero-order chi connectivity index (χ0) is 17.1. The number of nitrogens with zero attached hydrogens (tertiary/aromatic N) is 1. The van der Waals surface area contributed by atoms with Crippen LogP contribution in [0.15, 0.2) is 44.5 Å². The standard InChI is InChI=1S/C16H15N3O2S3/c1-9-7-23-15-13(9)14(21)18-16(19-15)24-8-12(20)17-10-4-3-5-11(6-10)22-2/h3-7H,8H2,1-2H3,(H,17,20)(H,18,19,21). The highest BCUT2D eigenvalue weighted by atomic mass is 32.2. The Morgan fingerprint density at radius 1 is 1.42 bits per heavy atom. The highest BCUT2D eigenvalue weighted by Crippen LogP contribution is 2.23. The molecule has 3 aromatic rings. The van der Waals surface area contributed by atoms with Crippen LogP contribution in [-0.4, -0.2) is 27.9 Å². The Hall–Kier alpha value is -1.77. The Morgan fingerprint density at radius 3 is 3.04 bits per heavy atom. The zero-order valence-corrected chi connectivity index (χ0v) is 15.5. The smallest absolute Gasteiger partial charge is 0.260 e. The number of rotatable bonds is 5. The summed E-state index contributed by atoms with van der Waals surface area (Å²) in [4.78, 5) is 33.1. The third-order valence-corrected chi connectivity index (χ3v) is 5.89. The summed E-state index contributed by atoms with van der Waals surface area (Å²) in [5, 5.41) is 5.85. The maximum atomic E-state index is 12.1. The normalized spacial score (nSPS) is 10.9. The number of aromatic amines is 1. The molecule has 0 radical (unpaired) electrons. The largest absolute Gasteiger partial charge is 0.325 e. The van der Waals surface area contributed by atoms with E-state index in [0.717, 1.165) is 16.1 Å². The first kappa shape index (κ1) is 17.1. The summed E-state index contributed by atoms with van der Waals surface area (Å²) in [6.07, 6.45) is 1.99. The lowest BCUT2D eigenvalue weighted by Crippen LogP contribution is -2.15. The number of fused-ring (bicyclic) bond motifs is 1. The van der Waals surface area contributed by atoms with Crippen molar-refractivity contribution in [3.63, 3.8) is 0 Å². The van der Waals surface area contributed by atoms with Crippen molar-refractivity contribution in [3.8, 4) is 0 Å². The van der Waals surface area contributed by atoms with Gasteiger partial charge in [0.05, 0.1) is 11.1 Å². The summed E-state index contributed by atoms with van der Waals surface area (Å²) < 4.78 is 0. The van der Waals surface area contributed by atoms with Crippen molar-refractivity contribution >= 4 is 56.7 Å². The van der Waals surface area contributed by atoms with E-state index in [1.165, 1.54) is 23.1 Å². The zero-order valence-electron chi connectivity index (χ0n) is 13.1. The average molecular weight is 378 g/mol. The molecule has 2 aromatic heterocycles. The molecule has 5 nitrogen and oxygen atoms in total. The van der Waals surface area contributed by atoms with Crippen LogP contribution in [-0.2, 0) is 4.79 Å². The molecule has 8 heteroatoms. The number of hydrogen-bond acceptors (Lipinski definition) is 6. The van der Waals surface area contributed by atoms with Crippen LogP contribution < -0.4 is 10.9 Å². The minimum Gasteiger partial charge on any atom is -0.325 e. The van der Waals surface area contributed by atoms with Crippen molar-refractivity contribution in [3.05, 3.63) is 45.6 Å². The van der Waals surface area contributed by atoms with E-state index in [-0.39, 0.29) is 17.2 Å². The van der Waals surface area contributed by atoms with E-state index in [2.05, 4.69) is 15.3 Å². The predicted octanol–water partition coefficient (Wildman–Crippen LogP) is 3.75. The Labute approximate surface area is 151 Å². The van der Waals surface area contributed by atoms with Crippen molar-refractivity contribution < 1.29 is 4.79 Å². The maximum Gasteiger partial charge on any atom is 0.260 e. The second kappa shape index (κ2) is 7.42. The van der Waals surface area contributed by atoms with E-state index in [1.807, 2.05) is 42.8 Å². The number of nitrogens with one attached hydrogen (secondary N) is 2. The number of H-pyrrole nitrogens is 1. The van der Waals surface area contributed by atoms with Crippen molar-refractivity contribution in [2.24, 2.45) is 0 Å². The Balaban J connectivity index is 1.67. The molecule has 0 aliphatic carbocycles. The molecule has 0 bridgehead atoms. The van der Waals surface area contributed by atoms with Crippen LogP contribution in [0.5, 0.6) is 0 Å². The van der Waals surface area contributed by atoms with Gasteiger partial charge in [0.1, 0.15) is 4.83 Å². The lowest BCUT2D eigenvalue weighted by atomic mass is 10.3. The number of benzene rings is 1. The molecule has 0 aliphatic heterocycles. The molecular formula is C16H15N3O2S3. The van der Waals surface area contributed by atoms with Gasteiger partial charge in [0.2, 0.25) is 5.91 Å². The Bertz CT molecular complexity index is 949. The van der Waals surface area contributed by atoms with Gasteiger partial charge in [-0.05, 0) is 42.3 Å². The van der Waals surface area contributed by atoms with Gasteiger partial charge >= 0.3 is 0 Å². The first-order valence-electron chi connectivity index (χ1n) is 7.11. The third-order valence-electron chi connectivity index (χ3n) is 3.30. The average Bonchev–Trinajstić information content (AvgIpc) is 2.95. The summed E-state index contributed by atoms with van der Waals surface area (Å²) in [5.41, 5.74) is 1.53. The number of carbonyl (C=O) groups is 1. The Morgan fingerprint density at radius 2 is 2.25 bits per heavy atom. The number of thiophene rings is 1. The van der Waals surface area contributed by atoms with Gasteiger partial charge < -0.3 is 10.3 Å². The fourth-order valence-electron chi connectivity index (χ4n) is 2.17. The van der Waals surface area contributed by atoms with Crippen LogP contribution in [0.2, 0.25) is 0 Å². The van der Waals surface area contributed by atoms with Crippen LogP contribution in [0.4, 0.5) is 5.69 Å². The van der Waals surface area contributed by atoms with Crippen LogP contribution >= 0.6 is 34.9 Å². The molecular weight excluding hydrogens is 362 g/mol. The van der Waals surface area contributed by atoms with Crippen molar-refractivity contribution in [1.29, 1.82) is 0 Å². The van der Waals surface area contributed by atoms with Crippen LogP contribution in [0.1, 0.15) is 5.56 Å². The fraction of sp³-hybridized carbons (Fsp3) is 0.188. The first-order valence-corrected chi connectivity index (χ1v) is 10.2.